The number of hydrogen-bond acceptors (Lipinski definition) is 4. The normalized spacial score (nSPS) is 12.7. The van der Waals surface area contributed by atoms with Gasteiger partial charge in [-0.1, -0.05) is 42.5 Å². The molecule has 0 spiro atoms. The molecule has 7 heteroatoms. The quantitative estimate of drug-likeness (QED) is 0.744. The number of benzene rings is 2. The van der Waals surface area contributed by atoms with E-state index in [4.69, 9.17) is 4.74 Å². The largest absolute Gasteiger partial charge is 0.497 e. The molecule has 0 aliphatic heterocycles. The van der Waals surface area contributed by atoms with Crippen LogP contribution in [0.2, 0.25) is 0 Å². The van der Waals surface area contributed by atoms with E-state index >= 15 is 0 Å². The number of methoxy groups -OCH3 is 1. The van der Waals surface area contributed by atoms with Gasteiger partial charge in [-0.05, 0) is 23.3 Å². The number of carbonyl (C=O) groups excluding carboxylic acids is 1. The second-order valence-electron chi connectivity index (χ2n) is 6.13. The zero-order valence-corrected chi connectivity index (χ0v) is 16.2. The summed E-state index contributed by atoms with van der Waals surface area (Å²) < 4.78 is 30.3. The maximum Gasteiger partial charge on any atom is 0.245 e. The first-order chi connectivity index (χ1) is 12.2. The highest BCUT2D eigenvalue weighted by Gasteiger charge is 2.32. The lowest BCUT2D eigenvalue weighted by molar-refractivity contribution is -0.134. The molecule has 0 aliphatic rings. The van der Waals surface area contributed by atoms with Crippen LogP contribution in [0.15, 0.2) is 54.6 Å². The molecule has 0 unspecified atom stereocenters. The molecular formula is C19H24N2O4S. The minimum Gasteiger partial charge on any atom is -0.497 e. The lowest BCUT2D eigenvalue weighted by Crippen LogP contribution is -2.41. The summed E-state index contributed by atoms with van der Waals surface area (Å²) in [5.74, 6) is 0.446. The third-order valence-electron chi connectivity index (χ3n) is 4.19. The van der Waals surface area contributed by atoms with E-state index in [1.165, 1.54) is 11.9 Å². The molecule has 0 aliphatic carbocycles. The molecule has 2 aromatic rings. The van der Waals surface area contributed by atoms with Gasteiger partial charge in [0.15, 0.2) is 0 Å². The van der Waals surface area contributed by atoms with Crippen molar-refractivity contribution in [3.63, 3.8) is 0 Å². The van der Waals surface area contributed by atoms with Crippen molar-refractivity contribution >= 4 is 15.9 Å². The summed E-state index contributed by atoms with van der Waals surface area (Å²) in [6.07, 6.45) is 1.10. The lowest BCUT2D eigenvalue weighted by atomic mass is 10.1. The predicted octanol–water partition coefficient (Wildman–Crippen LogP) is 2.29. The van der Waals surface area contributed by atoms with Crippen LogP contribution in [0, 0.1) is 0 Å². The number of likely N-dealkylation sites (N-methyl/N-ethyl adjacent to an activating group) is 2. The Bertz CT molecular complexity index is 836. The van der Waals surface area contributed by atoms with E-state index in [0.29, 0.717) is 12.1 Å². The number of rotatable bonds is 7. The van der Waals surface area contributed by atoms with Crippen LogP contribution in [-0.2, 0) is 21.4 Å². The number of ether oxygens (including phenoxy) is 1. The van der Waals surface area contributed by atoms with Gasteiger partial charge < -0.3 is 9.64 Å². The van der Waals surface area contributed by atoms with Gasteiger partial charge in [0, 0.05) is 20.6 Å². The van der Waals surface area contributed by atoms with Crippen molar-refractivity contribution in [1.82, 2.24) is 9.21 Å². The Hall–Kier alpha value is -2.38. The molecule has 1 atom stereocenters. The van der Waals surface area contributed by atoms with Crippen molar-refractivity contribution < 1.29 is 17.9 Å². The third-order valence-corrected chi connectivity index (χ3v) is 5.45. The zero-order chi connectivity index (χ0) is 19.3. The summed E-state index contributed by atoms with van der Waals surface area (Å²) in [7, 11) is 1.14. The summed E-state index contributed by atoms with van der Waals surface area (Å²) in [4.78, 5) is 14.6. The molecule has 0 N–H and O–H groups in total. The number of carbonyl (C=O) groups is 1. The second kappa shape index (κ2) is 8.33. The number of hydrogen-bond donors (Lipinski definition) is 0. The Morgan fingerprint density at radius 3 is 2.12 bits per heavy atom. The van der Waals surface area contributed by atoms with E-state index in [1.54, 1.807) is 38.4 Å². The molecular weight excluding hydrogens is 352 g/mol. The van der Waals surface area contributed by atoms with Crippen molar-refractivity contribution in [2.24, 2.45) is 0 Å². The molecule has 140 valence electrons. The molecule has 1 amide bonds. The highest BCUT2D eigenvalue weighted by molar-refractivity contribution is 7.88. The number of nitrogens with zero attached hydrogens (tertiary/aromatic N) is 2. The second-order valence-corrected chi connectivity index (χ2v) is 8.18. The average Bonchev–Trinajstić information content (AvgIpc) is 2.62. The van der Waals surface area contributed by atoms with Gasteiger partial charge in [-0.25, -0.2) is 8.42 Å². The minimum atomic E-state index is -3.54. The molecule has 6 nitrogen and oxygen atoms in total. The van der Waals surface area contributed by atoms with Crippen LogP contribution in [-0.4, -0.2) is 51.0 Å². The highest BCUT2D eigenvalue weighted by Crippen LogP contribution is 2.24. The molecule has 26 heavy (non-hydrogen) atoms. The summed E-state index contributed by atoms with van der Waals surface area (Å²) in [6.45, 7) is 0.365. The summed E-state index contributed by atoms with van der Waals surface area (Å²) in [5, 5.41) is 0. The minimum absolute atomic E-state index is 0.292. The van der Waals surface area contributed by atoms with Crippen LogP contribution in [0.3, 0.4) is 0 Å². The van der Waals surface area contributed by atoms with Crippen molar-refractivity contribution in [2.75, 3.05) is 27.5 Å². The molecule has 0 radical (unpaired) electrons. The highest BCUT2D eigenvalue weighted by atomic mass is 32.2. The maximum atomic E-state index is 13.1. The zero-order valence-electron chi connectivity index (χ0n) is 15.4. The van der Waals surface area contributed by atoms with Gasteiger partial charge in [-0.15, -0.1) is 0 Å². The molecule has 0 saturated carbocycles. The fourth-order valence-electron chi connectivity index (χ4n) is 2.63. The molecule has 0 fully saturated rings. The Morgan fingerprint density at radius 2 is 1.62 bits per heavy atom. The van der Waals surface area contributed by atoms with E-state index in [1.807, 2.05) is 30.3 Å². The maximum absolute atomic E-state index is 13.1. The van der Waals surface area contributed by atoms with Crippen molar-refractivity contribution in [1.29, 1.82) is 0 Å². The Labute approximate surface area is 155 Å². The van der Waals surface area contributed by atoms with Gasteiger partial charge in [-0.3, -0.25) is 4.79 Å². The number of amides is 1. The van der Waals surface area contributed by atoms with Crippen LogP contribution >= 0.6 is 0 Å². The van der Waals surface area contributed by atoms with Gasteiger partial charge >= 0.3 is 0 Å². The molecule has 0 heterocycles. The molecule has 0 aromatic heterocycles. The van der Waals surface area contributed by atoms with E-state index in [0.717, 1.165) is 21.9 Å². The molecule has 0 saturated heterocycles. The van der Waals surface area contributed by atoms with E-state index in [9.17, 15) is 13.2 Å². The summed E-state index contributed by atoms with van der Waals surface area (Å²) >= 11 is 0. The first kappa shape index (κ1) is 19.9. The fourth-order valence-corrected chi connectivity index (χ4v) is 3.22. The molecule has 2 rings (SSSR count). The average molecular weight is 376 g/mol. The van der Waals surface area contributed by atoms with Crippen LogP contribution in [0.25, 0.3) is 0 Å². The first-order valence-corrected chi connectivity index (χ1v) is 9.94. The van der Waals surface area contributed by atoms with Crippen LogP contribution in [0.5, 0.6) is 5.75 Å². The Balaban J connectivity index is 2.27. The number of sulfonamides is 1. The fraction of sp³-hybridized carbons (Fsp3) is 0.316. The van der Waals surface area contributed by atoms with E-state index < -0.39 is 16.1 Å². The molecule has 0 bridgehead atoms. The van der Waals surface area contributed by atoms with Crippen molar-refractivity contribution in [3.05, 3.63) is 65.7 Å². The SMILES string of the molecule is COc1ccc(CN(C)C(=O)[C@H](c2ccccc2)N(C)S(C)(=O)=O)cc1. The van der Waals surface area contributed by atoms with Crippen molar-refractivity contribution in [2.45, 2.75) is 12.6 Å². The van der Waals surface area contributed by atoms with Gasteiger partial charge in [0.2, 0.25) is 15.9 Å². The first-order valence-electron chi connectivity index (χ1n) is 8.10. The van der Waals surface area contributed by atoms with Gasteiger partial charge in [0.1, 0.15) is 11.8 Å². The summed E-state index contributed by atoms with van der Waals surface area (Å²) in [5.41, 5.74) is 1.56. The van der Waals surface area contributed by atoms with E-state index in [-0.39, 0.29) is 5.91 Å². The topological polar surface area (TPSA) is 66.9 Å². The Kier molecular flexibility index (Phi) is 6.39. The monoisotopic (exact) mass is 376 g/mol. The van der Waals surface area contributed by atoms with Gasteiger partial charge in [0.05, 0.1) is 13.4 Å². The predicted molar refractivity (Wildman–Crippen MR) is 101 cm³/mol. The summed E-state index contributed by atoms with van der Waals surface area (Å²) in [6, 6.07) is 15.4. The van der Waals surface area contributed by atoms with Crippen LogP contribution < -0.4 is 4.74 Å². The third kappa shape index (κ3) is 4.83. The van der Waals surface area contributed by atoms with Crippen LogP contribution in [0.1, 0.15) is 17.2 Å². The smallest absolute Gasteiger partial charge is 0.245 e. The lowest BCUT2D eigenvalue weighted by Gasteiger charge is -2.29. The van der Waals surface area contributed by atoms with Gasteiger partial charge in [0.25, 0.3) is 0 Å². The van der Waals surface area contributed by atoms with Gasteiger partial charge in [-0.2, -0.15) is 4.31 Å². The van der Waals surface area contributed by atoms with E-state index in [2.05, 4.69) is 0 Å². The molecule has 2 aromatic carbocycles. The van der Waals surface area contributed by atoms with Crippen molar-refractivity contribution in [3.8, 4) is 5.75 Å². The Morgan fingerprint density at radius 1 is 1.04 bits per heavy atom. The van der Waals surface area contributed by atoms with Crippen LogP contribution in [0.4, 0.5) is 0 Å². The standard InChI is InChI=1S/C19H24N2O4S/c1-20(14-15-10-12-17(25-3)13-11-15)19(22)18(21(2)26(4,23)24)16-8-6-5-7-9-16/h5-13,18H,14H2,1-4H3/t18-/m0/s1.